The van der Waals surface area contributed by atoms with Gasteiger partial charge in [-0.3, -0.25) is 4.79 Å². The van der Waals surface area contributed by atoms with Crippen LogP contribution in [0.25, 0.3) is 0 Å². The van der Waals surface area contributed by atoms with E-state index in [-0.39, 0.29) is 5.91 Å². The average molecular weight is 343 g/mol. The maximum atomic E-state index is 12.4. The lowest BCUT2D eigenvalue weighted by molar-refractivity contribution is 0.0932. The second-order valence-corrected chi connectivity index (χ2v) is 7.60. The van der Waals surface area contributed by atoms with Crippen LogP contribution in [0.5, 0.6) is 5.75 Å². The molecule has 1 aromatic carbocycles. The van der Waals surface area contributed by atoms with Crippen molar-refractivity contribution in [2.24, 2.45) is 0 Å². The second-order valence-electron chi connectivity index (χ2n) is 6.69. The Morgan fingerprint density at radius 3 is 2.75 bits per heavy atom. The maximum Gasteiger partial charge on any atom is 0.261 e. The third kappa shape index (κ3) is 4.38. The Hall–Kier alpha value is -1.81. The average Bonchev–Trinajstić information content (AvgIpc) is 3.04. The van der Waals surface area contributed by atoms with E-state index in [1.807, 2.05) is 17.5 Å². The largest absolute Gasteiger partial charge is 0.489 e. The van der Waals surface area contributed by atoms with Crippen LogP contribution in [0.4, 0.5) is 0 Å². The number of ether oxygens (including phenoxy) is 1. The number of nitrogens with one attached hydrogen (secondary N) is 1. The molecular weight excluding hydrogens is 318 g/mol. The maximum absolute atomic E-state index is 12.4. The first-order chi connectivity index (χ1) is 11.6. The monoisotopic (exact) mass is 343 g/mol. The van der Waals surface area contributed by atoms with Crippen molar-refractivity contribution in [1.29, 1.82) is 0 Å². The standard InChI is InChI=1S/C20H25NO2S/c1-14-8-9-18(15(2)10-14)23-12-16-11-19(24-13-16)20(22)21-17-6-4-3-5-7-17/h8-11,13,17H,3-7,12H2,1-2H3,(H,21,22). The van der Waals surface area contributed by atoms with Gasteiger partial charge in [-0.05, 0) is 49.8 Å². The molecule has 1 aromatic heterocycles. The number of benzene rings is 1. The number of aryl methyl sites for hydroxylation is 2. The van der Waals surface area contributed by atoms with Crippen molar-refractivity contribution in [3.63, 3.8) is 0 Å². The molecule has 1 aliphatic rings. The number of rotatable bonds is 5. The second kappa shape index (κ2) is 7.84. The molecule has 128 valence electrons. The summed E-state index contributed by atoms with van der Waals surface area (Å²) in [7, 11) is 0. The minimum atomic E-state index is 0.0599. The van der Waals surface area contributed by atoms with Crippen LogP contribution in [-0.2, 0) is 6.61 Å². The molecule has 3 nitrogen and oxygen atoms in total. The predicted octanol–water partition coefficient (Wildman–Crippen LogP) is 5.01. The summed E-state index contributed by atoms with van der Waals surface area (Å²) in [5.41, 5.74) is 3.42. The van der Waals surface area contributed by atoms with E-state index in [2.05, 4.69) is 31.3 Å². The van der Waals surface area contributed by atoms with E-state index in [0.29, 0.717) is 12.6 Å². The number of amides is 1. The molecule has 1 N–H and O–H groups in total. The topological polar surface area (TPSA) is 38.3 Å². The van der Waals surface area contributed by atoms with Gasteiger partial charge in [-0.25, -0.2) is 0 Å². The zero-order chi connectivity index (χ0) is 16.9. The third-order valence-corrected chi connectivity index (χ3v) is 5.52. The smallest absolute Gasteiger partial charge is 0.261 e. The summed E-state index contributed by atoms with van der Waals surface area (Å²) < 4.78 is 5.90. The van der Waals surface area contributed by atoms with Gasteiger partial charge in [-0.2, -0.15) is 0 Å². The molecule has 1 fully saturated rings. The Morgan fingerprint density at radius 1 is 1.21 bits per heavy atom. The normalized spacial score (nSPS) is 15.2. The fraction of sp³-hybridized carbons (Fsp3) is 0.450. The Kier molecular flexibility index (Phi) is 5.56. The summed E-state index contributed by atoms with van der Waals surface area (Å²) in [6.07, 6.45) is 5.97. The fourth-order valence-electron chi connectivity index (χ4n) is 3.20. The first-order valence-corrected chi connectivity index (χ1v) is 9.58. The molecule has 0 aliphatic heterocycles. The van der Waals surface area contributed by atoms with E-state index in [4.69, 9.17) is 4.74 Å². The molecule has 1 aliphatic carbocycles. The van der Waals surface area contributed by atoms with E-state index < -0.39 is 0 Å². The molecule has 0 saturated heterocycles. The summed E-state index contributed by atoms with van der Waals surface area (Å²) in [6, 6.07) is 8.48. The van der Waals surface area contributed by atoms with Crippen molar-refractivity contribution in [1.82, 2.24) is 5.32 Å². The van der Waals surface area contributed by atoms with Gasteiger partial charge in [0.15, 0.2) is 0 Å². The van der Waals surface area contributed by atoms with Crippen molar-refractivity contribution in [3.8, 4) is 5.75 Å². The zero-order valence-electron chi connectivity index (χ0n) is 14.4. The van der Waals surface area contributed by atoms with Gasteiger partial charge in [0.25, 0.3) is 5.91 Å². The highest BCUT2D eigenvalue weighted by Gasteiger charge is 2.17. The number of carbonyl (C=O) groups excluding carboxylic acids is 1. The van der Waals surface area contributed by atoms with Crippen LogP contribution in [0.3, 0.4) is 0 Å². The van der Waals surface area contributed by atoms with Crippen LogP contribution in [-0.4, -0.2) is 11.9 Å². The van der Waals surface area contributed by atoms with E-state index in [1.54, 1.807) is 0 Å². The Labute approximate surface area is 148 Å². The highest BCUT2D eigenvalue weighted by Crippen LogP contribution is 2.23. The molecule has 0 unspecified atom stereocenters. The Morgan fingerprint density at radius 2 is 2.00 bits per heavy atom. The first-order valence-electron chi connectivity index (χ1n) is 8.70. The molecule has 3 rings (SSSR count). The fourth-order valence-corrected chi connectivity index (χ4v) is 4.00. The zero-order valence-corrected chi connectivity index (χ0v) is 15.2. The third-order valence-electron chi connectivity index (χ3n) is 4.54. The first kappa shape index (κ1) is 17.0. The van der Waals surface area contributed by atoms with Crippen molar-refractivity contribution < 1.29 is 9.53 Å². The molecule has 4 heteroatoms. The molecule has 0 radical (unpaired) electrons. The van der Waals surface area contributed by atoms with Gasteiger partial charge in [-0.15, -0.1) is 11.3 Å². The summed E-state index contributed by atoms with van der Waals surface area (Å²) in [6.45, 7) is 4.63. The van der Waals surface area contributed by atoms with E-state index in [0.717, 1.165) is 34.6 Å². The summed E-state index contributed by atoms with van der Waals surface area (Å²) in [5.74, 6) is 0.963. The molecule has 1 amide bonds. The van der Waals surface area contributed by atoms with Crippen LogP contribution in [0.1, 0.15) is 58.5 Å². The van der Waals surface area contributed by atoms with Crippen LogP contribution >= 0.6 is 11.3 Å². The molecule has 0 spiro atoms. The van der Waals surface area contributed by atoms with Gasteiger partial charge in [-0.1, -0.05) is 37.0 Å². The van der Waals surface area contributed by atoms with Gasteiger partial charge in [0, 0.05) is 11.6 Å². The lowest BCUT2D eigenvalue weighted by Crippen LogP contribution is -2.35. The van der Waals surface area contributed by atoms with Crippen LogP contribution in [0.15, 0.2) is 29.6 Å². The van der Waals surface area contributed by atoms with E-state index >= 15 is 0 Å². The lowest BCUT2D eigenvalue weighted by Gasteiger charge is -2.22. The minimum absolute atomic E-state index is 0.0599. The van der Waals surface area contributed by atoms with Gasteiger partial charge in [0.1, 0.15) is 12.4 Å². The van der Waals surface area contributed by atoms with E-state index in [1.165, 1.54) is 36.2 Å². The number of hydrogen-bond donors (Lipinski definition) is 1. The molecule has 0 bridgehead atoms. The lowest BCUT2D eigenvalue weighted by atomic mass is 9.95. The van der Waals surface area contributed by atoms with Crippen molar-refractivity contribution in [3.05, 3.63) is 51.2 Å². The van der Waals surface area contributed by atoms with E-state index in [9.17, 15) is 4.79 Å². The van der Waals surface area contributed by atoms with Crippen LogP contribution in [0, 0.1) is 13.8 Å². The van der Waals surface area contributed by atoms with Gasteiger partial charge < -0.3 is 10.1 Å². The Bertz CT molecular complexity index is 701. The van der Waals surface area contributed by atoms with Crippen molar-refractivity contribution >= 4 is 17.2 Å². The number of thiophene rings is 1. The van der Waals surface area contributed by atoms with Crippen LogP contribution < -0.4 is 10.1 Å². The van der Waals surface area contributed by atoms with Gasteiger partial charge in [0.05, 0.1) is 4.88 Å². The quantitative estimate of drug-likeness (QED) is 0.829. The van der Waals surface area contributed by atoms with Crippen LogP contribution in [0.2, 0.25) is 0 Å². The minimum Gasteiger partial charge on any atom is -0.489 e. The summed E-state index contributed by atoms with van der Waals surface area (Å²) in [5, 5.41) is 5.18. The molecular formula is C20H25NO2S. The van der Waals surface area contributed by atoms with Crippen molar-refractivity contribution in [2.45, 2.75) is 58.6 Å². The summed E-state index contributed by atoms with van der Waals surface area (Å²) >= 11 is 1.50. The van der Waals surface area contributed by atoms with Crippen molar-refractivity contribution in [2.75, 3.05) is 0 Å². The Balaban J connectivity index is 1.55. The molecule has 2 aromatic rings. The molecule has 1 heterocycles. The number of hydrogen-bond acceptors (Lipinski definition) is 3. The SMILES string of the molecule is Cc1ccc(OCc2csc(C(=O)NC3CCCCC3)c2)c(C)c1. The predicted molar refractivity (Wildman–Crippen MR) is 98.9 cm³/mol. The van der Waals surface area contributed by atoms with Gasteiger partial charge in [0.2, 0.25) is 0 Å². The molecule has 24 heavy (non-hydrogen) atoms. The summed E-state index contributed by atoms with van der Waals surface area (Å²) in [4.78, 5) is 13.1. The number of carbonyl (C=O) groups is 1. The highest BCUT2D eigenvalue weighted by molar-refractivity contribution is 7.12. The molecule has 0 atom stereocenters. The highest BCUT2D eigenvalue weighted by atomic mass is 32.1. The molecule has 1 saturated carbocycles. The van der Waals surface area contributed by atoms with Gasteiger partial charge >= 0.3 is 0 Å².